The molecule has 0 aromatic carbocycles. The Labute approximate surface area is 139 Å². The van der Waals surface area contributed by atoms with Crippen LogP contribution >= 0.6 is 34.2 Å². The number of aliphatic hydroxyl groups is 2. The molecule has 3 rings (SSSR count). The van der Waals surface area contributed by atoms with Crippen LogP contribution in [0.3, 0.4) is 0 Å². The van der Waals surface area contributed by atoms with Crippen LogP contribution < -0.4 is 0 Å². The largest absolute Gasteiger partial charge is 0.387 e. The van der Waals surface area contributed by atoms with Gasteiger partial charge in [0.05, 0.1) is 12.0 Å². The summed E-state index contributed by atoms with van der Waals surface area (Å²) < 4.78 is 13.2. The molecular formula is C12H13ClIN3O4. The van der Waals surface area contributed by atoms with Crippen molar-refractivity contribution in [3.05, 3.63) is 21.2 Å². The van der Waals surface area contributed by atoms with Gasteiger partial charge in [0, 0.05) is 16.9 Å². The van der Waals surface area contributed by atoms with Gasteiger partial charge in [0.2, 0.25) is 0 Å². The summed E-state index contributed by atoms with van der Waals surface area (Å²) in [6.07, 6.45) is -0.337. The topological polar surface area (TPSA) is 89.6 Å². The van der Waals surface area contributed by atoms with E-state index >= 15 is 0 Å². The molecule has 2 aromatic rings. The lowest BCUT2D eigenvalue weighted by atomic mass is 10.1. The van der Waals surface area contributed by atoms with Gasteiger partial charge in [-0.2, -0.15) is 0 Å². The molecule has 1 aliphatic rings. The Kier molecular flexibility index (Phi) is 4.35. The van der Waals surface area contributed by atoms with E-state index in [2.05, 4.69) is 32.6 Å². The van der Waals surface area contributed by atoms with Crippen molar-refractivity contribution in [1.82, 2.24) is 14.5 Å². The second-order valence-corrected chi connectivity index (χ2v) is 6.27. The molecule has 0 saturated carbocycles. The molecule has 0 radical (unpaired) electrons. The van der Waals surface area contributed by atoms with E-state index in [0.29, 0.717) is 16.2 Å². The standard InChI is InChI=1S/C12H13ClIN3O4/c1-20-3-6-8(18)9(19)12(21-6)17-2-5(14)7-10(13)15-4-16-11(7)17/h2,4,6,8-9,12,18-19H,3H2,1H3/t6-,8+,9+,12-/m1/s1. The minimum Gasteiger partial charge on any atom is -0.387 e. The van der Waals surface area contributed by atoms with Gasteiger partial charge >= 0.3 is 0 Å². The van der Waals surface area contributed by atoms with E-state index in [1.165, 1.54) is 13.4 Å². The van der Waals surface area contributed by atoms with Crippen molar-refractivity contribution in [2.75, 3.05) is 13.7 Å². The first-order chi connectivity index (χ1) is 10.0. The molecule has 3 heterocycles. The monoisotopic (exact) mass is 425 g/mol. The summed E-state index contributed by atoms with van der Waals surface area (Å²) in [6, 6.07) is 0. The fourth-order valence-electron chi connectivity index (χ4n) is 2.46. The van der Waals surface area contributed by atoms with Crippen molar-refractivity contribution in [2.45, 2.75) is 24.5 Å². The highest BCUT2D eigenvalue weighted by molar-refractivity contribution is 14.1. The molecule has 0 aliphatic carbocycles. The molecule has 0 unspecified atom stereocenters. The van der Waals surface area contributed by atoms with Crippen LogP contribution in [0.2, 0.25) is 5.15 Å². The van der Waals surface area contributed by atoms with Crippen molar-refractivity contribution >= 4 is 45.2 Å². The molecule has 0 spiro atoms. The lowest BCUT2D eigenvalue weighted by Crippen LogP contribution is -2.33. The van der Waals surface area contributed by atoms with Gasteiger partial charge in [-0.1, -0.05) is 11.6 Å². The first-order valence-electron chi connectivity index (χ1n) is 6.21. The summed E-state index contributed by atoms with van der Waals surface area (Å²) in [5.41, 5.74) is 0.550. The zero-order chi connectivity index (χ0) is 15.1. The third-order valence-electron chi connectivity index (χ3n) is 3.46. The van der Waals surface area contributed by atoms with E-state index in [9.17, 15) is 10.2 Å². The van der Waals surface area contributed by atoms with Crippen molar-refractivity contribution < 1.29 is 19.7 Å². The predicted octanol–water partition coefficient (Wildman–Crippen LogP) is 0.955. The molecular weight excluding hydrogens is 413 g/mol. The Morgan fingerprint density at radius 2 is 2.19 bits per heavy atom. The number of halogens is 2. The highest BCUT2D eigenvalue weighted by atomic mass is 127. The molecule has 9 heteroatoms. The SMILES string of the molecule is COC[C@H]1O[C@@H](n2cc(I)c3c(Cl)ncnc32)[C@@H](O)[C@H]1O. The number of methoxy groups -OCH3 is 1. The third kappa shape index (κ3) is 2.53. The number of hydrogen-bond donors (Lipinski definition) is 2. The molecule has 0 amide bonds. The Morgan fingerprint density at radius 3 is 2.90 bits per heavy atom. The molecule has 1 aliphatic heterocycles. The normalized spacial score (nSPS) is 29.4. The van der Waals surface area contributed by atoms with E-state index in [1.54, 1.807) is 10.8 Å². The molecule has 1 saturated heterocycles. The van der Waals surface area contributed by atoms with Gasteiger partial charge < -0.3 is 24.3 Å². The molecule has 7 nitrogen and oxygen atoms in total. The Morgan fingerprint density at radius 1 is 1.43 bits per heavy atom. The van der Waals surface area contributed by atoms with E-state index in [-0.39, 0.29) is 6.61 Å². The average molecular weight is 426 g/mol. The molecule has 114 valence electrons. The maximum Gasteiger partial charge on any atom is 0.164 e. The summed E-state index contributed by atoms with van der Waals surface area (Å²) in [5.74, 6) is 0. The minimum atomic E-state index is -1.08. The second kappa shape index (κ2) is 5.94. The van der Waals surface area contributed by atoms with Crippen LogP contribution in [-0.2, 0) is 9.47 Å². The molecule has 0 bridgehead atoms. The first kappa shape index (κ1) is 15.4. The Balaban J connectivity index is 2.03. The first-order valence-corrected chi connectivity index (χ1v) is 7.67. The molecule has 4 atom stereocenters. The number of ether oxygens (including phenoxy) is 2. The van der Waals surface area contributed by atoms with Crippen LogP contribution in [0.4, 0.5) is 0 Å². The zero-order valence-electron chi connectivity index (χ0n) is 11.0. The van der Waals surface area contributed by atoms with Crippen LogP contribution in [0.25, 0.3) is 11.0 Å². The van der Waals surface area contributed by atoms with Gasteiger partial charge in [-0.15, -0.1) is 0 Å². The van der Waals surface area contributed by atoms with E-state index in [1.807, 2.05) is 0 Å². The molecule has 2 N–H and O–H groups in total. The second-order valence-electron chi connectivity index (χ2n) is 4.75. The van der Waals surface area contributed by atoms with E-state index in [0.717, 1.165) is 3.57 Å². The summed E-state index contributed by atoms with van der Waals surface area (Å²) in [5, 5.41) is 21.3. The smallest absolute Gasteiger partial charge is 0.164 e. The number of hydrogen-bond acceptors (Lipinski definition) is 6. The van der Waals surface area contributed by atoms with Crippen molar-refractivity contribution in [3.8, 4) is 0 Å². The molecule has 2 aromatic heterocycles. The van der Waals surface area contributed by atoms with E-state index in [4.69, 9.17) is 21.1 Å². The Bertz CT molecular complexity index is 667. The van der Waals surface area contributed by atoms with Crippen LogP contribution in [0.1, 0.15) is 6.23 Å². The van der Waals surface area contributed by atoms with Crippen molar-refractivity contribution in [1.29, 1.82) is 0 Å². The summed E-state index contributed by atoms with van der Waals surface area (Å²) >= 11 is 8.20. The summed E-state index contributed by atoms with van der Waals surface area (Å²) in [4.78, 5) is 8.15. The number of nitrogens with zero attached hydrogens (tertiary/aromatic N) is 3. The van der Waals surface area contributed by atoms with Gasteiger partial charge in [-0.05, 0) is 22.6 Å². The van der Waals surface area contributed by atoms with Gasteiger partial charge in [0.25, 0.3) is 0 Å². The summed E-state index contributed by atoms with van der Waals surface area (Å²) in [6.45, 7) is 0.195. The summed E-state index contributed by atoms with van der Waals surface area (Å²) in [7, 11) is 1.51. The van der Waals surface area contributed by atoms with E-state index < -0.39 is 24.5 Å². The maximum atomic E-state index is 10.2. The minimum absolute atomic E-state index is 0.195. The van der Waals surface area contributed by atoms with Crippen molar-refractivity contribution in [3.63, 3.8) is 0 Å². The van der Waals surface area contributed by atoms with Crippen LogP contribution in [0.15, 0.2) is 12.5 Å². The highest BCUT2D eigenvalue weighted by Gasteiger charge is 2.44. The van der Waals surface area contributed by atoms with Crippen LogP contribution in [-0.4, -0.2) is 56.8 Å². The fourth-order valence-corrected chi connectivity index (χ4v) is 3.65. The average Bonchev–Trinajstić information content (AvgIpc) is 2.93. The van der Waals surface area contributed by atoms with Gasteiger partial charge in [-0.25, -0.2) is 9.97 Å². The van der Waals surface area contributed by atoms with Gasteiger partial charge in [-0.3, -0.25) is 0 Å². The Hall–Kier alpha value is -0.520. The number of fused-ring (bicyclic) bond motifs is 1. The number of aromatic nitrogens is 3. The highest BCUT2D eigenvalue weighted by Crippen LogP contribution is 2.35. The zero-order valence-corrected chi connectivity index (χ0v) is 13.9. The molecule has 1 fully saturated rings. The number of rotatable bonds is 3. The van der Waals surface area contributed by atoms with Crippen LogP contribution in [0.5, 0.6) is 0 Å². The van der Waals surface area contributed by atoms with Gasteiger partial charge in [0.15, 0.2) is 6.23 Å². The van der Waals surface area contributed by atoms with Crippen LogP contribution in [0, 0.1) is 3.57 Å². The number of aliphatic hydroxyl groups excluding tert-OH is 2. The van der Waals surface area contributed by atoms with Gasteiger partial charge in [0.1, 0.15) is 35.4 Å². The lowest BCUT2D eigenvalue weighted by Gasteiger charge is -2.17. The third-order valence-corrected chi connectivity index (χ3v) is 4.56. The lowest BCUT2D eigenvalue weighted by molar-refractivity contribution is -0.0578. The molecule has 21 heavy (non-hydrogen) atoms. The quantitative estimate of drug-likeness (QED) is 0.562. The van der Waals surface area contributed by atoms with Crippen molar-refractivity contribution in [2.24, 2.45) is 0 Å². The maximum absolute atomic E-state index is 10.2. The predicted molar refractivity (Wildman–Crippen MR) is 83.1 cm³/mol. The fraction of sp³-hybridized carbons (Fsp3) is 0.500.